The van der Waals surface area contributed by atoms with Gasteiger partial charge in [-0.3, -0.25) is 9.79 Å². The minimum atomic E-state index is -0.244. The average Bonchev–Trinajstić information content (AvgIpc) is 3.24. The first-order valence-corrected chi connectivity index (χ1v) is 10.7. The molecule has 2 aromatic heterocycles. The monoisotopic (exact) mass is 555 g/mol. The van der Waals surface area contributed by atoms with Gasteiger partial charge in [-0.25, -0.2) is 9.97 Å². The summed E-state index contributed by atoms with van der Waals surface area (Å²) < 4.78 is 5.82. The van der Waals surface area contributed by atoms with Gasteiger partial charge >= 0.3 is 0 Å². The van der Waals surface area contributed by atoms with E-state index in [0.29, 0.717) is 31.5 Å². The van der Waals surface area contributed by atoms with Crippen LogP contribution in [-0.2, 0) is 23.3 Å². The van der Waals surface area contributed by atoms with E-state index in [2.05, 4.69) is 51.3 Å². The van der Waals surface area contributed by atoms with Crippen molar-refractivity contribution in [1.29, 1.82) is 0 Å². The van der Waals surface area contributed by atoms with Crippen LogP contribution in [0.3, 0.4) is 0 Å². The molecule has 1 amide bonds. The molecule has 1 unspecified atom stereocenters. The standard InChI is InChI=1S/C22H33N7O2.HI/c1-22(2,3)17-12-26-18(31-17)13-28-21(24-4)27-11-15-7-5-9-25-20(15)29-10-6-8-16(14-29)19(23)30;/h5,7,9,12,16H,6,8,10-11,13-14H2,1-4H3,(H2,23,30)(H2,24,27,28);1H. The molecule has 2 aromatic rings. The highest BCUT2D eigenvalue weighted by Gasteiger charge is 2.26. The lowest BCUT2D eigenvalue weighted by Crippen LogP contribution is -2.42. The van der Waals surface area contributed by atoms with Crippen LogP contribution in [0.5, 0.6) is 0 Å². The van der Waals surface area contributed by atoms with Crippen LogP contribution in [0.15, 0.2) is 33.9 Å². The van der Waals surface area contributed by atoms with Gasteiger partial charge in [0.1, 0.15) is 11.6 Å². The van der Waals surface area contributed by atoms with Crippen LogP contribution in [0.4, 0.5) is 5.82 Å². The summed E-state index contributed by atoms with van der Waals surface area (Å²) in [5.41, 5.74) is 6.48. The Morgan fingerprint density at radius 3 is 2.72 bits per heavy atom. The minimum Gasteiger partial charge on any atom is -0.443 e. The van der Waals surface area contributed by atoms with Crippen molar-refractivity contribution in [1.82, 2.24) is 20.6 Å². The third kappa shape index (κ3) is 6.81. The molecule has 1 aliphatic rings. The molecule has 32 heavy (non-hydrogen) atoms. The molecule has 176 valence electrons. The van der Waals surface area contributed by atoms with Gasteiger partial charge in [0, 0.05) is 43.9 Å². The highest BCUT2D eigenvalue weighted by molar-refractivity contribution is 14.0. The number of nitrogens with two attached hydrogens (primary N) is 1. The van der Waals surface area contributed by atoms with Crippen molar-refractivity contribution >= 4 is 41.7 Å². The fourth-order valence-corrected chi connectivity index (χ4v) is 3.55. The second-order valence-corrected chi connectivity index (χ2v) is 8.82. The van der Waals surface area contributed by atoms with Gasteiger partial charge in [-0.2, -0.15) is 0 Å². The van der Waals surface area contributed by atoms with Crippen LogP contribution in [0, 0.1) is 5.92 Å². The van der Waals surface area contributed by atoms with Crippen molar-refractivity contribution in [3.05, 3.63) is 41.7 Å². The summed E-state index contributed by atoms with van der Waals surface area (Å²) in [6, 6.07) is 3.94. The van der Waals surface area contributed by atoms with E-state index in [1.807, 2.05) is 12.1 Å². The van der Waals surface area contributed by atoms with E-state index in [9.17, 15) is 4.79 Å². The van der Waals surface area contributed by atoms with E-state index < -0.39 is 0 Å². The van der Waals surface area contributed by atoms with E-state index in [-0.39, 0.29) is 41.2 Å². The zero-order valence-corrected chi connectivity index (χ0v) is 21.6. The first kappa shape index (κ1) is 25.9. The number of rotatable bonds is 6. The number of hydrogen-bond acceptors (Lipinski definition) is 6. The number of guanidine groups is 1. The van der Waals surface area contributed by atoms with Crippen LogP contribution in [0.2, 0.25) is 0 Å². The number of aromatic nitrogens is 2. The molecule has 0 radical (unpaired) electrons. The zero-order valence-electron chi connectivity index (χ0n) is 19.2. The maximum atomic E-state index is 11.6. The molecule has 3 rings (SSSR count). The molecule has 0 aromatic carbocycles. The zero-order chi connectivity index (χ0) is 22.4. The topological polar surface area (TPSA) is 122 Å². The lowest BCUT2D eigenvalue weighted by molar-refractivity contribution is -0.122. The number of amides is 1. The summed E-state index contributed by atoms with van der Waals surface area (Å²) in [4.78, 5) is 27.0. The fraction of sp³-hybridized carbons (Fsp3) is 0.545. The number of carbonyl (C=O) groups excluding carboxylic acids is 1. The predicted molar refractivity (Wildman–Crippen MR) is 136 cm³/mol. The van der Waals surface area contributed by atoms with Crippen LogP contribution in [0.25, 0.3) is 0 Å². The number of pyridine rings is 1. The summed E-state index contributed by atoms with van der Waals surface area (Å²) in [5.74, 6) is 2.59. The lowest BCUT2D eigenvalue weighted by Gasteiger charge is -2.33. The van der Waals surface area contributed by atoms with Gasteiger partial charge in [-0.1, -0.05) is 26.8 Å². The number of piperidine rings is 1. The summed E-state index contributed by atoms with van der Waals surface area (Å²) >= 11 is 0. The van der Waals surface area contributed by atoms with Crippen molar-refractivity contribution in [3.63, 3.8) is 0 Å². The molecule has 0 spiro atoms. The Morgan fingerprint density at radius 1 is 1.31 bits per heavy atom. The number of halogens is 1. The smallest absolute Gasteiger partial charge is 0.222 e. The SMILES string of the molecule is CN=C(NCc1ncc(C(C)(C)C)o1)NCc1cccnc1N1CCCC(C(N)=O)C1.I. The highest BCUT2D eigenvalue weighted by atomic mass is 127. The van der Waals surface area contributed by atoms with Gasteiger partial charge in [0.15, 0.2) is 5.96 Å². The molecule has 0 saturated carbocycles. The maximum Gasteiger partial charge on any atom is 0.222 e. The number of nitrogens with one attached hydrogen (secondary N) is 2. The summed E-state index contributed by atoms with van der Waals surface area (Å²) in [6.07, 6.45) is 5.30. The summed E-state index contributed by atoms with van der Waals surface area (Å²) in [7, 11) is 1.72. The lowest BCUT2D eigenvalue weighted by atomic mass is 9.94. The van der Waals surface area contributed by atoms with Crippen LogP contribution < -0.4 is 21.3 Å². The second kappa shape index (κ2) is 11.5. The molecule has 1 fully saturated rings. The first-order chi connectivity index (χ1) is 14.8. The molecule has 1 atom stereocenters. The Hall–Kier alpha value is -2.37. The van der Waals surface area contributed by atoms with Crippen molar-refractivity contribution < 1.29 is 9.21 Å². The third-order valence-corrected chi connectivity index (χ3v) is 5.36. The number of oxazole rings is 1. The van der Waals surface area contributed by atoms with Gasteiger partial charge in [0.25, 0.3) is 0 Å². The summed E-state index contributed by atoms with van der Waals surface area (Å²) in [5, 5.41) is 6.55. The van der Waals surface area contributed by atoms with E-state index in [0.717, 1.165) is 36.5 Å². The summed E-state index contributed by atoms with van der Waals surface area (Å²) in [6.45, 7) is 8.70. The van der Waals surface area contributed by atoms with Crippen molar-refractivity contribution in [2.45, 2.75) is 52.1 Å². The third-order valence-electron chi connectivity index (χ3n) is 5.36. The molecule has 1 aliphatic heterocycles. The maximum absolute atomic E-state index is 11.6. The molecular weight excluding hydrogens is 521 g/mol. The Bertz CT molecular complexity index is 923. The molecular formula is C22H34IN7O2. The molecule has 0 bridgehead atoms. The fourth-order valence-electron chi connectivity index (χ4n) is 3.55. The molecule has 9 nitrogen and oxygen atoms in total. The van der Waals surface area contributed by atoms with Crippen LogP contribution in [-0.4, -0.2) is 42.0 Å². The number of aliphatic imine (C=N–C) groups is 1. The number of nitrogens with zero attached hydrogens (tertiary/aromatic N) is 4. The van der Waals surface area contributed by atoms with Gasteiger partial charge in [0.05, 0.1) is 18.7 Å². The number of anilines is 1. The van der Waals surface area contributed by atoms with Crippen molar-refractivity contribution in [2.24, 2.45) is 16.6 Å². The molecule has 1 saturated heterocycles. The Kier molecular flexibility index (Phi) is 9.29. The highest BCUT2D eigenvalue weighted by Crippen LogP contribution is 2.24. The Morgan fingerprint density at radius 2 is 2.06 bits per heavy atom. The van der Waals surface area contributed by atoms with E-state index in [1.165, 1.54) is 0 Å². The molecule has 10 heteroatoms. The normalized spacial score (nSPS) is 16.9. The van der Waals surface area contributed by atoms with E-state index in [4.69, 9.17) is 10.2 Å². The minimum absolute atomic E-state index is 0. The van der Waals surface area contributed by atoms with E-state index in [1.54, 1.807) is 19.4 Å². The Balaban J connectivity index is 0.00000363. The van der Waals surface area contributed by atoms with Crippen molar-refractivity contribution in [3.8, 4) is 0 Å². The largest absolute Gasteiger partial charge is 0.443 e. The second-order valence-electron chi connectivity index (χ2n) is 8.82. The molecule has 3 heterocycles. The average molecular weight is 555 g/mol. The van der Waals surface area contributed by atoms with Crippen molar-refractivity contribution in [2.75, 3.05) is 25.0 Å². The van der Waals surface area contributed by atoms with Gasteiger partial charge in [-0.15, -0.1) is 24.0 Å². The molecule has 4 N–H and O–H groups in total. The first-order valence-electron chi connectivity index (χ1n) is 10.7. The van der Waals surface area contributed by atoms with Crippen LogP contribution >= 0.6 is 24.0 Å². The quantitative estimate of drug-likeness (QED) is 0.285. The molecule has 0 aliphatic carbocycles. The van der Waals surface area contributed by atoms with Gasteiger partial charge in [0.2, 0.25) is 11.8 Å². The number of primary amides is 1. The number of carbonyl (C=O) groups is 1. The number of hydrogen-bond donors (Lipinski definition) is 3. The van der Waals surface area contributed by atoms with E-state index >= 15 is 0 Å². The van der Waals surface area contributed by atoms with Gasteiger partial charge < -0.3 is 25.7 Å². The predicted octanol–water partition coefficient (Wildman–Crippen LogP) is 2.55. The van der Waals surface area contributed by atoms with Gasteiger partial charge in [-0.05, 0) is 18.9 Å². The Labute approximate surface area is 206 Å². The van der Waals surface area contributed by atoms with Crippen LogP contribution in [0.1, 0.15) is 50.8 Å².